The second kappa shape index (κ2) is 9.72. The van der Waals surface area contributed by atoms with E-state index >= 15 is 0 Å². The molecule has 0 atom stereocenters. The number of halogens is 1. The fourth-order valence-corrected chi connectivity index (χ4v) is 5.41. The first-order valence-electron chi connectivity index (χ1n) is 11.5. The topological polar surface area (TPSA) is 40.8 Å². The van der Waals surface area contributed by atoms with Crippen LogP contribution in [-0.2, 0) is 4.79 Å². The van der Waals surface area contributed by atoms with Gasteiger partial charge in [-0.25, -0.2) is 4.99 Å². The van der Waals surface area contributed by atoms with Crippen molar-refractivity contribution in [1.82, 2.24) is 9.47 Å². The Morgan fingerprint density at radius 3 is 2.47 bits per heavy atom. The van der Waals surface area contributed by atoms with Gasteiger partial charge < -0.3 is 9.47 Å². The molecule has 2 aliphatic heterocycles. The van der Waals surface area contributed by atoms with Gasteiger partial charge in [0, 0.05) is 48.4 Å². The molecular formula is C27H27ClN4OS. The number of piperidine rings is 1. The van der Waals surface area contributed by atoms with Crippen LogP contribution in [0.5, 0.6) is 0 Å². The van der Waals surface area contributed by atoms with Gasteiger partial charge in [-0.1, -0.05) is 17.7 Å². The molecule has 1 amide bonds. The van der Waals surface area contributed by atoms with Crippen molar-refractivity contribution >= 4 is 51.9 Å². The number of carbonyl (C=O) groups is 1. The van der Waals surface area contributed by atoms with E-state index < -0.39 is 0 Å². The second-order valence-electron chi connectivity index (χ2n) is 8.67. The Hall–Kier alpha value is -2.96. The number of amidine groups is 1. The molecule has 0 bridgehead atoms. The van der Waals surface area contributed by atoms with Gasteiger partial charge in [0.1, 0.15) is 0 Å². The number of amides is 1. The first kappa shape index (κ1) is 22.8. The molecule has 0 saturated carbocycles. The van der Waals surface area contributed by atoms with Crippen LogP contribution in [0.25, 0.3) is 11.8 Å². The van der Waals surface area contributed by atoms with Gasteiger partial charge in [0.05, 0.1) is 10.6 Å². The van der Waals surface area contributed by atoms with Crippen molar-refractivity contribution in [3.05, 3.63) is 82.0 Å². The van der Waals surface area contributed by atoms with Gasteiger partial charge in [-0.05, 0) is 98.1 Å². The molecule has 0 unspecified atom stereocenters. The highest BCUT2D eigenvalue weighted by molar-refractivity contribution is 8.18. The lowest BCUT2D eigenvalue weighted by Crippen LogP contribution is -2.29. The van der Waals surface area contributed by atoms with Crippen molar-refractivity contribution in [2.75, 3.05) is 25.0 Å². The van der Waals surface area contributed by atoms with E-state index in [9.17, 15) is 4.79 Å². The third-order valence-corrected chi connectivity index (χ3v) is 7.76. The molecule has 0 aliphatic carbocycles. The number of hydrogen-bond donors (Lipinski definition) is 0. The largest absolute Gasteiger partial charge is 0.372 e. The molecule has 2 aliphatic rings. The number of aliphatic imine (C=N–C) groups is 1. The zero-order valence-corrected chi connectivity index (χ0v) is 20.9. The molecule has 1 aromatic heterocycles. The average Bonchev–Trinajstić information content (AvgIpc) is 3.42. The molecule has 2 fully saturated rings. The molecule has 7 heteroatoms. The summed E-state index contributed by atoms with van der Waals surface area (Å²) >= 11 is 7.73. The summed E-state index contributed by atoms with van der Waals surface area (Å²) in [5.41, 5.74) is 4.99. The first-order valence-corrected chi connectivity index (χ1v) is 12.7. The molecule has 3 heterocycles. The van der Waals surface area contributed by atoms with Crippen LogP contribution >= 0.6 is 23.4 Å². The number of rotatable bonds is 4. The summed E-state index contributed by atoms with van der Waals surface area (Å²) in [4.78, 5) is 22.4. The third kappa shape index (κ3) is 4.65. The van der Waals surface area contributed by atoms with Crippen LogP contribution < -0.4 is 4.90 Å². The van der Waals surface area contributed by atoms with E-state index in [1.54, 1.807) is 11.9 Å². The summed E-state index contributed by atoms with van der Waals surface area (Å²) in [5.74, 6) is -0.0524. The smallest absolute Gasteiger partial charge is 0.266 e. The van der Waals surface area contributed by atoms with Crippen LogP contribution in [0.3, 0.4) is 0 Å². The Balaban J connectivity index is 1.37. The number of benzene rings is 2. The van der Waals surface area contributed by atoms with Crippen molar-refractivity contribution in [1.29, 1.82) is 0 Å². The molecule has 5 nitrogen and oxygen atoms in total. The summed E-state index contributed by atoms with van der Waals surface area (Å²) in [6.45, 7) is 4.22. The summed E-state index contributed by atoms with van der Waals surface area (Å²) in [6, 6.07) is 18.2. The highest BCUT2D eigenvalue weighted by Gasteiger charge is 2.30. The lowest BCUT2D eigenvalue weighted by atomic mass is 10.1. The lowest BCUT2D eigenvalue weighted by molar-refractivity contribution is -0.121. The van der Waals surface area contributed by atoms with Crippen LogP contribution in [0.4, 0.5) is 11.4 Å². The van der Waals surface area contributed by atoms with Crippen molar-refractivity contribution in [2.45, 2.75) is 26.2 Å². The van der Waals surface area contributed by atoms with Crippen LogP contribution in [-0.4, -0.2) is 40.7 Å². The van der Waals surface area contributed by atoms with E-state index in [-0.39, 0.29) is 5.91 Å². The van der Waals surface area contributed by atoms with Crippen molar-refractivity contribution in [2.24, 2.45) is 4.99 Å². The lowest BCUT2D eigenvalue weighted by Gasteiger charge is -2.28. The second-order valence-corrected chi connectivity index (χ2v) is 10.1. The SMILES string of the molecule is Cc1ccc(-n2cccc2/C=C2\SC(=Nc3ccc(N4CCCCC4)cc3)N(C)C2=O)cc1Cl. The van der Waals surface area contributed by atoms with Gasteiger partial charge in [-0.3, -0.25) is 9.69 Å². The Bertz CT molecular complexity index is 1270. The predicted molar refractivity (Wildman–Crippen MR) is 143 cm³/mol. The Morgan fingerprint density at radius 2 is 1.74 bits per heavy atom. The van der Waals surface area contributed by atoms with E-state index in [1.165, 1.54) is 36.7 Å². The van der Waals surface area contributed by atoms with Gasteiger partial charge >= 0.3 is 0 Å². The molecule has 5 rings (SSSR count). The van der Waals surface area contributed by atoms with Gasteiger partial charge in [0.25, 0.3) is 5.91 Å². The summed E-state index contributed by atoms with van der Waals surface area (Å²) in [6.07, 6.45) is 7.71. The van der Waals surface area contributed by atoms with Gasteiger partial charge in [0.2, 0.25) is 0 Å². The maximum atomic E-state index is 13.0. The Labute approximate surface area is 209 Å². The van der Waals surface area contributed by atoms with Crippen molar-refractivity contribution in [3.63, 3.8) is 0 Å². The molecule has 174 valence electrons. The van der Waals surface area contributed by atoms with Crippen LogP contribution in [0.15, 0.2) is 70.7 Å². The maximum absolute atomic E-state index is 13.0. The van der Waals surface area contributed by atoms with Gasteiger partial charge in [-0.15, -0.1) is 0 Å². The fourth-order valence-electron chi connectivity index (χ4n) is 4.26. The van der Waals surface area contributed by atoms with E-state index in [1.807, 2.05) is 66.2 Å². The van der Waals surface area contributed by atoms with Gasteiger partial charge in [-0.2, -0.15) is 0 Å². The van der Waals surface area contributed by atoms with Crippen molar-refractivity contribution in [3.8, 4) is 5.69 Å². The zero-order valence-electron chi connectivity index (χ0n) is 19.4. The normalized spacial score (nSPS) is 19.0. The summed E-state index contributed by atoms with van der Waals surface area (Å²) in [7, 11) is 1.77. The average molecular weight is 491 g/mol. The molecular weight excluding hydrogens is 464 g/mol. The summed E-state index contributed by atoms with van der Waals surface area (Å²) in [5, 5.41) is 1.40. The molecule has 2 aromatic carbocycles. The fraction of sp³-hybridized carbons (Fsp3) is 0.259. The Morgan fingerprint density at radius 1 is 1.00 bits per heavy atom. The number of nitrogens with zero attached hydrogens (tertiary/aromatic N) is 4. The van der Waals surface area contributed by atoms with Gasteiger partial charge in [0.15, 0.2) is 5.17 Å². The Kier molecular flexibility index (Phi) is 6.53. The van der Waals surface area contributed by atoms with E-state index in [0.29, 0.717) is 10.1 Å². The number of hydrogen-bond acceptors (Lipinski definition) is 4. The molecule has 3 aromatic rings. The quantitative estimate of drug-likeness (QED) is 0.384. The highest BCUT2D eigenvalue weighted by Crippen LogP contribution is 2.34. The third-order valence-electron chi connectivity index (χ3n) is 6.29. The van der Waals surface area contributed by atoms with Crippen molar-refractivity contribution < 1.29 is 4.79 Å². The van der Waals surface area contributed by atoms with E-state index in [2.05, 4.69) is 17.0 Å². The minimum atomic E-state index is -0.0524. The van der Waals surface area contributed by atoms with E-state index in [0.717, 1.165) is 40.7 Å². The number of aromatic nitrogens is 1. The monoisotopic (exact) mass is 490 g/mol. The number of likely N-dealkylation sites (N-methyl/N-ethyl adjacent to an activating group) is 1. The van der Waals surface area contributed by atoms with E-state index in [4.69, 9.17) is 16.6 Å². The molecule has 2 saturated heterocycles. The van der Waals surface area contributed by atoms with Crippen LogP contribution in [0.2, 0.25) is 5.02 Å². The maximum Gasteiger partial charge on any atom is 0.266 e. The number of aryl methyl sites for hydroxylation is 1. The zero-order chi connectivity index (χ0) is 23.7. The number of carbonyl (C=O) groups excluding carboxylic acids is 1. The molecule has 0 radical (unpaired) electrons. The highest BCUT2D eigenvalue weighted by atomic mass is 35.5. The first-order chi connectivity index (χ1) is 16.5. The number of anilines is 1. The van der Waals surface area contributed by atoms with Crippen LogP contribution in [0.1, 0.15) is 30.5 Å². The minimum Gasteiger partial charge on any atom is -0.372 e. The number of thioether (sulfide) groups is 1. The molecule has 34 heavy (non-hydrogen) atoms. The van der Waals surface area contributed by atoms with Crippen LogP contribution in [0, 0.1) is 6.92 Å². The molecule has 0 spiro atoms. The minimum absolute atomic E-state index is 0.0524. The predicted octanol–water partition coefficient (Wildman–Crippen LogP) is 6.66. The molecule has 0 N–H and O–H groups in total. The standard InChI is InChI=1S/C27H27ClN4OS/c1-19-8-11-23(17-24(19)28)32-16-6-7-22(32)18-25-26(33)30(2)27(34-25)29-20-9-12-21(13-10-20)31-14-4-3-5-15-31/h6-13,16-18H,3-5,14-15H2,1-2H3/b25-18-,29-27?. The summed E-state index contributed by atoms with van der Waals surface area (Å²) < 4.78 is 2.03.